The first-order chi connectivity index (χ1) is 6.60. The quantitative estimate of drug-likeness (QED) is 0.484. The van der Waals surface area contributed by atoms with Crippen LogP contribution in [-0.4, -0.2) is 49.4 Å². The van der Waals surface area contributed by atoms with Gasteiger partial charge in [0.2, 0.25) is 0 Å². The average Bonchev–Trinajstić information content (AvgIpc) is 2.00. The van der Waals surface area contributed by atoms with Crippen molar-refractivity contribution in [1.29, 1.82) is 0 Å². The molecule has 0 saturated heterocycles. The summed E-state index contributed by atoms with van der Waals surface area (Å²) < 4.78 is 22.3. The van der Waals surface area contributed by atoms with Crippen LogP contribution in [-0.2, 0) is 9.13 Å². The molecule has 0 aromatic carbocycles. The second kappa shape index (κ2) is 3.66. The fraction of sp³-hybridized carbons (Fsp3) is 0.800. The Morgan fingerprint density at radius 1 is 1.27 bits per heavy atom. The first-order valence-electron chi connectivity index (χ1n) is 3.97. The summed E-state index contributed by atoms with van der Waals surface area (Å²) in [6, 6.07) is 0. The Hall–Kier alpha value is -0.230. The lowest BCUT2D eigenvalue weighted by molar-refractivity contribution is 0.289. The van der Waals surface area contributed by atoms with Crippen molar-refractivity contribution in [1.82, 2.24) is 4.90 Å². The van der Waals surface area contributed by atoms with Gasteiger partial charge in [-0.05, 0) is 0 Å². The SMILES string of the molecule is CN1C=NC(P(=O)(O)O)(P(=O)(O)O)CC1. The number of nitrogens with zero attached hydrogens (tertiary/aromatic N) is 2. The third-order valence-electron chi connectivity index (χ3n) is 2.19. The first-order valence-corrected chi connectivity index (χ1v) is 7.19. The van der Waals surface area contributed by atoms with Crippen molar-refractivity contribution in [2.24, 2.45) is 4.99 Å². The van der Waals surface area contributed by atoms with Crippen LogP contribution in [0, 0.1) is 0 Å². The van der Waals surface area contributed by atoms with Gasteiger partial charge in [-0.3, -0.25) is 9.13 Å². The van der Waals surface area contributed by atoms with Gasteiger partial charge in [0.25, 0.3) is 5.02 Å². The topological polar surface area (TPSA) is 131 Å². The average molecular weight is 258 g/mol. The zero-order valence-corrected chi connectivity index (χ0v) is 9.67. The highest BCUT2D eigenvalue weighted by molar-refractivity contribution is 7.72. The smallest absolute Gasteiger partial charge is 0.365 e. The van der Waals surface area contributed by atoms with E-state index in [1.54, 1.807) is 7.05 Å². The van der Waals surface area contributed by atoms with Gasteiger partial charge in [-0.1, -0.05) is 0 Å². The minimum absolute atomic E-state index is 0.125. The van der Waals surface area contributed by atoms with Crippen LogP contribution < -0.4 is 0 Å². The third kappa shape index (κ3) is 2.15. The minimum Gasteiger partial charge on any atom is -0.366 e. The van der Waals surface area contributed by atoms with Crippen molar-refractivity contribution >= 4 is 21.5 Å². The Morgan fingerprint density at radius 3 is 2.00 bits per heavy atom. The molecule has 0 atom stereocenters. The monoisotopic (exact) mass is 258 g/mol. The highest BCUT2D eigenvalue weighted by atomic mass is 31.2. The Morgan fingerprint density at radius 2 is 1.73 bits per heavy atom. The highest BCUT2D eigenvalue weighted by Gasteiger charge is 2.61. The zero-order valence-electron chi connectivity index (χ0n) is 7.89. The van der Waals surface area contributed by atoms with Gasteiger partial charge in [0.15, 0.2) is 0 Å². The van der Waals surface area contributed by atoms with E-state index in [0.29, 0.717) is 0 Å². The highest BCUT2D eigenvalue weighted by Crippen LogP contribution is 2.71. The van der Waals surface area contributed by atoms with Crippen LogP contribution in [0.5, 0.6) is 0 Å². The molecule has 0 aromatic heterocycles. The molecular weight excluding hydrogens is 246 g/mol. The van der Waals surface area contributed by atoms with Gasteiger partial charge in [-0.25, -0.2) is 4.99 Å². The second-order valence-electron chi connectivity index (χ2n) is 3.34. The maximum absolute atomic E-state index is 11.1. The lowest BCUT2D eigenvalue weighted by Crippen LogP contribution is -2.37. The summed E-state index contributed by atoms with van der Waals surface area (Å²) in [7, 11) is -8.43. The fourth-order valence-electron chi connectivity index (χ4n) is 1.25. The Labute approximate surface area is 86.0 Å². The molecule has 8 nitrogen and oxygen atoms in total. The van der Waals surface area contributed by atoms with Gasteiger partial charge in [0.1, 0.15) is 0 Å². The summed E-state index contributed by atoms with van der Waals surface area (Å²) in [6.45, 7) is 0.125. The van der Waals surface area contributed by atoms with Crippen LogP contribution in [0.4, 0.5) is 0 Å². The van der Waals surface area contributed by atoms with Gasteiger partial charge in [-0.2, -0.15) is 0 Å². The molecule has 0 amide bonds. The number of rotatable bonds is 2. The molecule has 10 heteroatoms. The van der Waals surface area contributed by atoms with Crippen LogP contribution >= 0.6 is 15.2 Å². The molecule has 0 fully saturated rings. The summed E-state index contributed by atoms with van der Waals surface area (Å²) in [4.78, 5) is 40.9. The Balaban J connectivity index is 3.29. The van der Waals surface area contributed by atoms with Crippen molar-refractivity contribution in [3.8, 4) is 0 Å². The van der Waals surface area contributed by atoms with E-state index in [-0.39, 0.29) is 13.0 Å². The summed E-state index contributed by atoms with van der Waals surface area (Å²) in [5, 5.41) is -2.60. The zero-order chi connectivity index (χ0) is 11.9. The van der Waals surface area contributed by atoms with Crippen molar-refractivity contribution in [3.63, 3.8) is 0 Å². The maximum atomic E-state index is 11.1. The van der Waals surface area contributed by atoms with E-state index in [1.807, 2.05) is 0 Å². The van der Waals surface area contributed by atoms with Gasteiger partial charge in [0, 0.05) is 20.0 Å². The van der Waals surface area contributed by atoms with Gasteiger partial charge < -0.3 is 24.5 Å². The largest absolute Gasteiger partial charge is 0.366 e. The molecule has 0 unspecified atom stereocenters. The fourth-order valence-corrected chi connectivity index (χ4v) is 3.80. The molecule has 1 heterocycles. The lowest BCUT2D eigenvalue weighted by Gasteiger charge is -2.35. The van der Waals surface area contributed by atoms with E-state index >= 15 is 0 Å². The molecular formula is C5H12N2O6P2. The molecule has 15 heavy (non-hydrogen) atoms. The standard InChI is InChI=1S/C5H12N2O6P2/c1-7-3-2-5(6-4-7,14(8,9)10)15(11,12)13/h4H,2-3H2,1H3,(H2,8,9,10)(H2,11,12,13). The molecule has 0 saturated carbocycles. The van der Waals surface area contributed by atoms with E-state index in [9.17, 15) is 9.13 Å². The van der Waals surface area contributed by atoms with Crippen LogP contribution in [0.15, 0.2) is 4.99 Å². The lowest BCUT2D eigenvalue weighted by atomic mass is 10.3. The molecule has 88 valence electrons. The molecule has 0 aromatic rings. The molecule has 4 N–H and O–H groups in total. The predicted octanol–water partition coefficient (Wildman–Crippen LogP) is -0.641. The van der Waals surface area contributed by atoms with Crippen molar-refractivity contribution in [3.05, 3.63) is 0 Å². The minimum atomic E-state index is -5.01. The number of hydrogen-bond acceptors (Lipinski definition) is 4. The van der Waals surface area contributed by atoms with Crippen LogP contribution in [0.1, 0.15) is 6.42 Å². The number of aliphatic imine (C=N–C) groups is 1. The normalized spacial score (nSPS) is 21.8. The predicted molar refractivity (Wildman–Crippen MR) is 52.6 cm³/mol. The summed E-state index contributed by atoms with van der Waals surface area (Å²) in [5.41, 5.74) is 0. The van der Waals surface area contributed by atoms with Crippen LogP contribution in [0.3, 0.4) is 0 Å². The third-order valence-corrected chi connectivity index (χ3v) is 6.30. The maximum Gasteiger partial charge on any atom is 0.365 e. The van der Waals surface area contributed by atoms with Crippen LogP contribution in [0.25, 0.3) is 0 Å². The molecule has 1 aliphatic heterocycles. The van der Waals surface area contributed by atoms with Gasteiger partial charge >= 0.3 is 15.2 Å². The van der Waals surface area contributed by atoms with Gasteiger partial charge in [0.05, 0.1) is 6.34 Å². The van der Waals surface area contributed by atoms with E-state index in [0.717, 1.165) is 6.34 Å². The summed E-state index contributed by atoms with van der Waals surface area (Å²) in [6.07, 6.45) is 0.649. The molecule has 0 spiro atoms. The molecule has 0 radical (unpaired) electrons. The van der Waals surface area contributed by atoms with Crippen LogP contribution in [0.2, 0.25) is 0 Å². The van der Waals surface area contributed by atoms with Crippen molar-refractivity contribution < 1.29 is 28.7 Å². The molecule has 1 aliphatic rings. The summed E-state index contributed by atoms with van der Waals surface area (Å²) >= 11 is 0. The summed E-state index contributed by atoms with van der Waals surface area (Å²) in [5.74, 6) is 0. The van der Waals surface area contributed by atoms with Crippen molar-refractivity contribution in [2.75, 3.05) is 13.6 Å². The van der Waals surface area contributed by atoms with E-state index in [1.165, 1.54) is 4.90 Å². The van der Waals surface area contributed by atoms with Gasteiger partial charge in [-0.15, -0.1) is 0 Å². The molecule has 0 bridgehead atoms. The Bertz CT molecular complexity index is 348. The van der Waals surface area contributed by atoms with Crippen molar-refractivity contribution in [2.45, 2.75) is 11.4 Å². The second-order valence-corrected chi connectivity index (χ2v) is 7.35. The molecule has 0 aliphatic carbocycles. The first kappa shape index (κ1) is 12.8. The van der Waals surface area contributed by atoms with E-state index in [2.05, 4.69) is 4.99 Å². The number of hydrogen-bond donors (Lipinski definition) is 4. The molecule has 1 rings (SSSR count). The Kier molecular flexibility index (Phi) is 3.13. The van der Waals surface area contributed by atoms with E-state index < -0.39 is 20.2 Å². The van der Waals surface area contributed by atoms with E-state index in [4.69, 9.17) is 19.6 Å².